The van der Waals surface area contributed by atoms with Crippen LogP contribution in [0.3, 0.4) is 0 Å². The highest BCUT2D eigenvalue weighted by Crippen LogP contribution is 2.37. The Balaban J connectivity index is 1.61. The maximum absolute atomic E-state index is 12.1. The third-order valence-corrected chi connectivity index (χ3v) is 3.53. The van der Waals surface area contributed by atoms with E-state index >= 15 is 0 Å². The predicted molar refractivity (Wildman–Crippen MR) is 67.8 cm³/mol. The van der Waals surface area contributed by atoms with E-state index in [1.54, 1.807) is 0 Å². The molecule has 0 N–H and O–H groups in total. The summed E-state index contributed by atoms with van der Waals surface area (Å²) < 4.78 is 15.2. The lowest BCUT2D eigenvalue weighted by Crippen LogP contribution is -2.45. The number of hydrogen-bond acceptors (Lipinski definition) is 5. The Morgan fingerprint density at radius 3 is 2.80 bits per heavy atom. The minimum Gasteiger partial charge on any atom is -0.467 e. The van der Waals surface area contributed by atoms with Crippen LogP contribution in [-0.2, 0) is 25.6 Å². The number of hydrogen-bond donors (Lipinski definition) is 0. The minimum absolute atomic E-state index is 0.0663. The molecule has 2 aliphatic rings. The molecule has 0 spiro atoms. The molecule has 0 saturated carbocycles. The first kappa shape index (κ1) is 12.9. The Labute approximate surface area is 116 Å². The van der Waals surface area contributed by atoms with Crippen molar-refractivity contribution in [3.63, 3.8) is 0 Å². The van der Waals surface area contributed by atoms with Gasteiger partial charge in [-0.3, -0.25) is 4.90 Å². The van der Waals surface area contributed by atoms with E-state index in [1.807, 2.05) is 30.3 Å². The largest absolute Gasteiger partial charge is 0.467 e. The van der Waals surface area contributed by atoms with Crippen molar-refractivity contribution in [1.29, 1.82) is 0 Å². The second-order valence-corrected chi connectivity index (χ2v) is 4.80. The molecular formula is C14H15NO5. The van der Waals surface area contributed by atoms with Crippen LogP contribution in [0.1, 0.15) is 5.56 Å². The lowest BCUT2D eigenvalue weighted by atomic mass is 10.2. The zero-order chi connectivity index (χ0) is 14.1. The van der Waals surface area contributed by atoms with E-state index < -0.39 is 18.1 Å². The van der Waals surface area contributed by atoms with E-state index in [9.17, 15) is 9.59 Å². The van der Waals surface area contributed by atoms with Crippen molar-refractivity contribution >= 4 is 12.1 Å². The summed E-state index contributed by atoms with van der Waals surface area (Å²) in [6.07, 6.45) is -0.824. The number of nitrogens with zero attached hydrogens (tertiary/aromatic N) is 1. The zero-order valence-electron chi connectivity index (χ0n) is 11.0. The molecule has 2 fully saturated rings. The molecule has 2 aliphatic heterocycles. The van der Waals surface area contributed by atoms with Gasteiger partial charge in [0.05, 0.1) is 13.7 Å². The van der Waals surface area contributed by atoms with E-state index in [4.69, 9.17) is 14.2 Å². The Morgan fingerprint density at radius 2 is 2.10 bits per heavy atom. The summed E-state index contributed by atoms with van der Waals surface area (Å²) in [5, 5.41) is 0. The average Bonchev–Trinajstić information content (AvgIpc) is 3.15. The molecule has 6 heteroatoms. The van der Waals surface area contributed by atoms with Gasteiger partial charge in [0.15, 0.2) is 6.04 Å². The van der Waals surface area contributed by atoms with Gasteiger partial charge in [0.25, 0.3) is 0 Å². The van der Waals surface area contributed by atoms with Gasteiger partial charge in [0, 0.05) is 0 Å². The molecule has 3 rings (SSSR count). The van der Waals surface area contributed by atoms with Gasteiger partial charge in [-0.15, -0.1) is 0 Å². The van der Waals surface area contributed by atoms with Crippen molar-refractivity contribution in [3.05, 3.63) is 35.9 Å². The molecular weight excluding hydrogens is 262 g/mol. The van der Waals surface area contributed by atoms with E-state index in [0.717, 1.165) is 5.56 Å². The van der Waals surface area contributed by atoms with E-state index in [2.05, 4.69) is 0 Å². The molecule has 20 heavy (non-hydrogen) atoms. The monoisotopic (exact) mass is 277 g/mol. The number of esters is 1. The van der Waals surface area contributed by atoms with Crippen LogP contribution in [0.25, 0.3) is 0 Å². The molecule has 106 valence electrons. The van der Waals surface area contributed by atoms with Crippen molar-refractivity contribution in [3.8, 4) is 0 Å². The molecule has 0 aromatic heterocycles. The predicted octanol–water partition coefficient (Wildman–Crippen LogP) is 0.948. The van der Waals surface area contributed by atoms with Crippen LogP contribution < -0.4 is 0 Å². The summed E-state index contributed by atoms with van der Waals surface area (Å²) in [4.78, 5) is 25.1. The summed E-state index contributed by atoms with van der Waals surface area (Å²) in [5.41, 5.74) is 0.899. The van der Waals surface area contributed by atoms with Crippen LogP contribution in [0.15, 0.2) is 30.3 Å². The molecule has 0 unspecified atom stereocenters. The maximum Gasteiger partial charge on any atom is 0.411 e. The third kappa shape index (κ3) is 2.34. The normalized spacial score (nSPS) is 26.9. The van der Waals surface area contributed by atoms with E-state index in [-0.39, 0.29) is 18.8 Å². The number of ether oxygens (including phenoxy) is 3. The molecule has 3 atom stereocenters. The molecule has 1 aromatic rings. The first-order valence-electron chi connectivity index (χ1n) is 6.41. The quantitative estimate of drug-likeness (QED) is 0.607. The van der Waals surface area contributed by atoms with Gasteiger partial charge in [0.2, 0.25) is 0 Å². The summed E-state index contributed by atoms with van der Waals surface area (Å²) in [6.45, 7) is 0.554. The van der Waals surface area contributed by atoms with Gasteiger partial charge >= 0.3 is 12.1 Å². The summed E-state index contributed by atoms with van der Waals surface area (Å²) in [5.74, 6) is -0.466. The molecule has 2 saturated heterocycles. The topological polar surface area (TPSA) is 68.4 Å². The number of methoxy groups -OCH3 is 1. The maximum atomic E-state index is 12.1. The third-order valence-electron chi connectivity index (χ3n) is 3.53. The van der Waals surface area contributed by atoms with Crippen LogP contribution in [0.5, 0.6) is 0 Å². The Morgan fingerprint density at radius 1 is 1.35 bits per heavy atom. The Kier molecular flexibility index (Phi) is 3.31. The second-order valence-electron chi connectivity index (χ2n) is 4.80. The minimum atomic E-state index is -0.687. The molecule has 1 aromatic carbocycles. The second kappa shape index (κ2) is 5.13. The smallest absolute Gasteiger partial charge is 0.411 e. The number of fused-ring (bicyclic) bond motifs is 1. The number of epoxide rings is 1. The van der Waals surface area contributed by atoms with Gasteiger partial charge < -0.3 is 14.2 Å². The van der Waals surface area contributed by atoms with Gasteiger partial charge in [0.1, 0.15) is 18.8 Å². The number of carbonyl (C=O) groups is 2. The van der Waals surface area contributed by atoms with Gasteiger partial charge in [-0.1, -0.05) is 30.3 Å². The fourth-order valence-corrected chi connectivity index (χ4v) is 2.44. The fraction of sp³-hybridized carbons (Fsp3) is 0.429. The lowest BCUT2D eigenvalue weighted by molar-refractivity contribution is -0.146. The zero-order valence-corrected chi connectivity index (χ0v) is 11.0. The standard InChI is InChI=1S/C14H15NO5/c1-18-13(16)11-12-10(20-12)7-15(11)14(17)19-8-9-5-3-2-4-6-9/h2-6,10-12H,7-8H2,1H3/t10-,11+,12+/m0/s1. The van der Waals surface area contributed by atoms with Crippen molar-refractivity contribution in [2.45, 2.75) is 24.9 Å². The lowest BCUT2D eigenvalue weighted by Gasteiger charge is -2.23. The van der Waals surface area contributed by atoms with Crippen LogP contribution >= 0.6 is 0 Å². The van der Waals surface area contributed by atoms with Crippen molar-refractivity contribution < 1.29 is 23.8 Å². The van der Waals surface area contributed by atoms with Crippen molar-refractivity contribution in [1.82, 2.24) is 4.90 Å². The van der Waals surface area contributed by atoms with Gasteiger partial charge in [-0.25, -0.2) is 9.59 Å². The van der Waals surface area contributed by atoms with Crippen molar-refractivity contribution in [2.75, 3.05) is 13.7 Å². The molecule has 0 bridgehead atoms. The number of benzene rings is 1. The molecule has 0 aliphatic carbocycles. The summed E-state index contributed by atoms with van der Waals surface area (Å²) in [7, 11) is 1.30. The van der Waals surface area contributed by atoms with Crippen LogP contribution in [0, 0.1) is 0 Å². The molecule has 2 heterocycles. The van der Waals surface area contributed by atoms with Crippen LogP contribution in [0.4, 0.5) is 4.79 Å². The molecule has 6 nitrogen and oxygen atoms in total. The average molecular weight is 277 g/mol. The van der Waals surface area contributed by atoms with Crippen LogP contribution in [0.2, 0.25) is 0 Å². The highest BCUT2D eigenvalue weighted by atomic mass is 16.6. The first-order chi connectivity index (χ1) is 9.70. The fourth-order valence-electron chi connectivity index (χ4n) is 2.44. The van der Waals surface area contributed by atoms with E-state index in [1.165, 1.54) is 12.0 Å². The van der Waals surface area contributed by atoms with Crippen molar-refractivity contribution in [2.24, 2.45) is 0 Å². The highest BCUT2D eigenvalue weighted by molar-refractivity contribution is 5.83. The first-order valence-corrected chi connectivity index (χ1v) is 6.41. The molecule has 1 amide bonds. The summed E-state index contributed by atoms with van der Waals surface area (Å²) in [6, 6.07) is 8.70. The van der Waals surface area contributed by atoms with E-state index in [0.29, 0.717) is 6.54 Å². The number of carbonyl (C=O) groups excluding carboxylic acids is 2. The van der Waals surface area contributed by atoms with Gasteiger partial charge in [-0.2, -0.15) is 0 Å². The number of rotatable bonds is 3. The number of likely N-dealkylation sites (tertiary alicyclic amines) is 1. The summed E-state index contributed by atoms with van der Waals surface area (Å²) >= 11 is 0. The number of amides is 1. The highest BCUT2D eigenvalue weighted by Gasteiger charge is 2.60. The molecule has 0 radical (unpaired) electrons. The van der Waals surface area contributed by atoms with Crippen LogP contribution in [-0.4, -0.2) is 48.9 Å². The number of morpholine rings is 1. The van der Waals surface area contributed by atoms with Gasteiger partial charge in [-0.05, 0) is 5.56 Å². The Hall–Kier alpha value is -2.08. The Bertz CT molecular complexity index is 518. The SMILES string of the molecule is COC(=O)[C@H]1[C@@H]2O[C@H]2CN1C(=O)OCc1ccccc1.